The third-order valence-electron chi connectivity index (χ3n) is 5.95. The highest BCUT2D eigenvalue weighted by Gasteiger charge is 2.23. The van der Waals surface area contributed by atoms with Gasteiger partial charge in [-0.3, -0.25) is 4.79 Å². The maximum absolute atomic E-state index is 12.9. The van der Waals surface area contributed by atoms with Gasteiger partial charge in [0.15, 0.2) is 15.7 Å². The van der Waals surface area contributed by atoms with Crippen LogP contribution in [0.1, 0.15) is 34.6 Å². The molecule has 3 rings (SSSR count). The number of anilines is 6. The zero-order valence-electron chi connectivity index (χ0n) is 25.9. The molecule has 0 radical (unpaired) electrons. The van der Waals surface area contributed by atoms with E-state index in [0.717, 1.165) is 6.08 Å². The van der Waals surface area contributed by atoms with Crippen LogP contribution >= 0.6 is 11.6 Å². The van der Waals surface area contributed by atoms with Crippen LogP contribution < -0.4 is 31.3 Å². The normalized spacial score (nSPS) is 11.4. The highest BCUT2D eigenvalue weighted by atomic mass is 35.5. The van der Waals surface area contributed by atoms with Gasteiger partial charge in [-0.2, -0.15) is 4.98 Å². The minimum atomic E-state index is -3.61. The lowest BCUT2D eigenvalue weighted by Crippen LogP contribution is -2.35. The van der Waals surface area contributed by atoms with Crippen molar-refractivity contribution in [3.8, 4) is 5.75 Å². The number of nitrogens with zero attached hydrogens (tertiary/aromatic N) is 2. The van der Waals surface area contributed by atoms with Gasteiger partial charge in [-0.05, 0) is 58.9 Å². The van der Waals surface area contributed by atoms with Crippen LogP contribution in [0.4, 0.5) is 39.3 Å². The van der Waals surface area contributed by atoms with Crippen molar-refractivity contribution < 1.29 is 27.5 Å². The molecule has 1 heterocycles. The van der Waals surface area contributed by atoms with E-state index in [9.17, 15) is 18.0 Å². The van der Waals surface area contributed by atoms with Gasteiger partial charge in [0.25, 0.3) is 0 Å². The molecule has 0 spiro atoms. The fourth-order valence-electron chi connectivity index (χ4n) is 3.79. The number of amides is 2. The second kappa shape index (κ2) is 14.9. The van der Waals surface area contributed by atoms with E-state index in [1.165, 1.54) is 19.4 Å². The van der Waals surface area contributed by atoms with E-state index < -0.39 is 32.7 Å². The summed E-state index contributed by atoms with van der Waals surface area (Å²) in [4.78, 5) is 33.0. The van der Waals surface area contributed by atoms with Gasteiger partial charge < -0.3 is 36.1 Å². The molecule has 0 saturated carbocycles. The molecule has 0 atom stereocenters. The molecule has 2 aromatic carbocycles. The van der Waals surface area contributed by atoms with Gasteiger partial charge in [-0.25, -0.2) is 18.2 Å². The van der Waals surface area contributed by atoms with Gasteiger partial charge >= 0.3 is 6.09 Å². The summed E-state index contributed by atoms with van der Waals surface area (Å²) in [6, 6.07) is 9.73. The van der Waals surface area contributed by atoms with Crippen LogP contribution in [0.2, 0.25) is 5.02 Å². The number of carbonyl (C=O) groups is 2. The van der Waals surface area contributed by atoms with Crippen molar-refractivity contribution in [2.45, 2.75) is 50.4 Å². The Bertz CT molecular complexity index is 1660. The van der Waals surface area contributed by atoms with Gasteiger partial charge in [-0.15, -0.1) is 0 Å². The monoisotopic (exact) mass is 659 g/mol. The van der Waals surface area contributed by atoms with Crippen molar-refractivity contribution in [2.75, 3.05) is 41.5 Å². The SMILES string of the molecule is C=CC(=O)Nc1cc(Nc2ncc(Cl)c(Nc3ccccc3S(=O)(=O)C(C)C)n2)c(OC)cc1NCCNC(=O)OC(C)(C)C. The van der Waals surface area contributed by atoms with Gasteiger partial charge in [0, 0.05) is 19.2 Å². The molecule has 0 bridgehead atoms. The lowest BCUT2D eigenvalue weighted by molar-refractivity contribution is -0.111. The standard InChI is InChI=1S/C30H38ClN7O6S/c1-8-26(39)35-22-15-23(24(43-7)16-21(22)32-13-14-33-29(40)44-30(4,5)6)37-28-34-17-19(31)27(38-28)36-20-11-9-10-12-25(20)45(41,42)18(2)3/h8-12,15-18,32H,1,13-14H2,2-7H3,(H,33,40)(H,35,39)(H2,34,36,37,38). The largest absolute Gasteiger partial charge is 0.494 e. The molecular formula is C30H38ClN7O6S. The van der Waals surface area contributed by atoms with Gasteiger partial charge in [0.05, 0.1) is 46.2 Å². The average molecular weight is 660 g/mol. The molecule has 2 amide bonds. The molecule has 13 nitrogen and oxygen atoms in total. The Morgan fingerprint density at radius 3 is 2.40 bits per heavy atom. The number of methoxy groups -OCH3 is 1. The number of halogens is 1. The van der Waals surface area contributed by atoms with Crippen LogP contribution in [0.5, 0.6) is 5.75 Å². The summed E-state index contributed by atoms with van der Waals surface area (Å²) in [6.07, 6.45) is 1.94. The Morgan fingerprint density at radius 1 is 1.04 bits per heavy atom. The molecule has 15 heteroatoms. The molecular weight excluding hydrogens is 622 g/mol. The third kappa shape index (κ3) is 9.71. The minimum Gasteiger partial charge on any atom is -0.494 e. The predicted molar refractivity (Wildman–Crippen MR) is 177 cm³/mol. The maximum atomic E-state index is 12.9. The summed E-state index contributed by atoms with van der Waals surface area (Å²) in [5, 5.41) is 14.2. The van der Waals surface area contributed by atoms with Gasteiger partial charge in [0.2, 0.25) is 11.9 Å². The molecule has 242 valence electrons. The summed E-state index contributed by atoms with van der Waals surface area (Å²) in [6.45, 7) is 12.6. The fourth-order valence-corrected chi connectivity index (χ4v) is 5.13. The molecule has 1 aromatic heterocycles. The molecule has 5 N–H and O–H groups in total. The number of nitrogens with one attached hydrogen (secondary N) is 5. The summed E-state index contributed by atoms with van der Waals surface area (Å²) in [5.74, 6) is 0.184. The van der Waals surface area contributed by atoms with Crippen molar-refractivity contribution in [2.24, 2.45) is 0 Å². The number of carbonyl (C=O) groups excluding carboxylic acids is 2. The fraction of sp³-hybridized carbons (Fsp3) is 0.333. The van der Waals surface area contributed by atoms with Crippen LogP contribution in [0.25, 0.3) is 0 Å². The van der Waals surface area contributed by atoms with Crippen LogP contribution in [0.15, 0.2) is 60.1 Å². The lowest BCUT2D eigenvalue weighted by Gasteiger charge is -2.20. The third-order valence-corrected chi connectivity index (χ3v) is 8.44. The molecule has 0 unspecified atom stereocenters. The van der Waals surface area contributed by atoms with E-state index in [1.807, 2.05) is 0 Å². The van der Waals surface area contributed by atoms with E-state index >= 15 is 0 Å². The number of ether oxygens (including phenoxy) is 2. The summed E-state index contributed by atoms with van der Waals surface area (Å²) in [5.41, 5.74) is 0.951. The number of hydrogen-bond donors (Lipinski definition) is 5. The minimum absolute atomic E-state index is 0.104. The summed E-state index contributed by atoms with van der Waals surface area (Å²) in [7, 11) is -2.13. The van der Waals surface area contributed by atoms with E-state index in [4.69, 9.17) is 21.1 Å². The van der Waals surface area contributed by atoms with Gasteiger partial charge in [0.1, 0.15) is 16.4 Å². The zero-order chi connectivity index (χ0) is 33.4. The number of hydrogen-bond acceptors (Lipinski definition) is 11. The number of aromatic nitrogens is 2. The average Bonchev–Trinajstić information content (AvgIpc) is 2.97. The molecule has 0 aliphatic rings. The molecule has 0 aliphatic carbocycles. The first-order chi connectivity index (χ1) is 21.1. The Balaban J connectivity index is 1.88. The topological polar surface area (TPSA) is 173 Å². The van der Waals surface area contributed by atoms with E-state index in [0.29, 0.717) is 35.0 Å². The Kier molecular flexibility index (Phi) is 11.6. The van der Waals surface area contributed by atoms with Gasteiger partial charge in [-0.1, -0.05) is 30.3 Å². The number of rotatable bonds is 13. The van der Waals surface area contributed by atoms with E-state index in [-0.39, 0.29) is 28.2 Å². The van der Waals surface area contributed by atoms with Crippen molar-refractivity contribution in [1.82, 2.24) is 15.3 Å². The molecule has 0 saturated heterocycles. The highest BCUT2D eigenvalue weighted by molar-refractivity contribution is 7.92. The number of alkyl carbamates (subject to hydrolysis) is 1. The van der Waals surface area contributed by atoms with Crippen LogP contribution in [-0.4, -0.2) is 61.4 Å². The van der Waals surface area contributed by atoms with E-state index in [1.54, 1.807) is 65.0 Å². The van der Waals surface area contributed by atoms with Crippen molar-refractivity contribution in [3.05, 3.63) is 60.3 Å². The van der Waals surface area contributed by atoms with Crippen molar-refractivity contribution in [3.63, 3.8) is 0 Å². The second-order valence-corrected chi connectivity index (χ2v) is 13.8. The first-order valence-electron chi connectivity index (χ1n) is 13.9. The van der Waals surface area contributed by atoms with E-state index in [2.05, 4.69) is 43.1 Å². The molecule has 0 fully saturated rings. The lowest BCUT2D eigenvalue weighted by atomic mass is 10.2. The number of para-hydroxylation sites is 1. The van der Waals surface area contributed by atoms with Crippen LogP contribution in [0, 0.1) is 0 Å². The number of benzene rings is 2. The molecule has 0 aliphatic heterocycles. The van der Waals surface area contributed by atoms with Crippen LogP contribution in [-0.2, 0) is 19.4 Å². The molecule has 45 heavy (non-hydrogen) atoms. The Labute approximate surface area is 268 Å². The summed E-state index contributed by atoms with van der Waals surface area (Å²) < 4.78 is 36.7. The maximum Gasteiger partial charge on any atom is 0.407 e. The van der Waals surface area contributed by atoms with Crippen molar-refractivity contribution >= 4 is 68.0 Å². The van der Waals surface area contributed by atoms with Crippen LogP contribution in [0.3, 0.4) is 0 Å². The van der Waals surface area contributed by atoms with Crippen molar-refractivity contribution in [1.29, 1.82) is 0 Å². The first kappa shape index (κ1) is 34.9. The zero-order valence-corrected chi connectivity index (χ0v) is 27.5. The quantitative estimate of drug-likeness (QED) is 0.110. The smallest absolute Gasteiger partial charge is 0.407 e. The first-order valence-corrected chi connectivity index (χ1v) is 15.8. The Morgan fingerprint density at radius 2 is 1.76 bits per heavy atom. The number of sulfone groups is 1. The second-order valence-electron chi connectivity index (χ2n) is 10.9. The highest BCUT2D eigenvalue weighted by Crippen LogP contribution is 2.37. The predicted octanol–water partition coefficient (Wildman–Crippen LogP) is 5.87. The summed E-state index contributed by atoms with van der Waals surface area (Å²) >= 11 is 6.38. The Hall–Kier alpha value is -4.56. The molecule has 3 aromatic rings.